The van der Waals surface area contributed by atoms with Gasteiger partial charge in [0, 0.05) is 64.4 Å². The highest BCUT2D eigenvalue weighted by molar-refractivity contribution is 8.77. The molecule has 2 saturated carbocycles. The molecule has 5 heterocycles. The number of esters is 1. The average Bonchev–Trinajstić information content (AvgIpc) is 3.86. The number of phenols is 2. The second-order valence-corrected chi connectivity index (χ2v) is 23.5. The summed E-state index contributed by atoms with van der Waals surface area (Å²) in [6.07, 6.45) is 17.4. The van der Waals surface area contributed by atoms with Crippen molar-refractivity contribution >= 4 is 33.6 Å². The first-order chi connectivity index (χ1) is 34.1. The molecule has 3 fully saturated rings. The van der Waals surface area contributed by atoms with Gasteiger partial charge in [0.05, 0.1) is 36.2 Å². The van der Waals surface area contributed by atoms with E-state index in [-0.39, 0.29) is 53.1 Å². The molecular formula is C58H61N3O7S2. The lowest BCUT2D eigenvalue weighted by Gasteiger charge is -2.39. The van der Waals surface area contributed by atoms with Crippen LogP contribution in [0.1, 0.15) is 109 Å². The Labute approximate surface area is 418 Å². The Hall–Kier alpha value is -5.45. The van der Waals surface area contributed by atoms with E-state index in [1.54, 1.807) is 13.2 Å². The molecule has 362 valence electrons. The Kier molecular flexibility index (Phi) is 12.2. The first-order valence-corrected chi connectivity index (χ1v) is 27.6. The van der Waals surface area contributed by atoms with E-state index in [2.05, 4.69) is 83.2 Å². The van der Waals surface area contributed by atoms with Crippen molar-refractivity contribution in [2.75, 3.05) is 19.5 Å². The molecule has 1 saturated heterocycles. The SMILES string of the molecule is COc1cc(O)cc2c1-c1ccc3c4c1[C@]1(CC[C@@H](CC5=C(C#CCc6cc(O)c7c(c6[C@@H](O4)[C@H]3COC(C)=O)C=C[C@H]3N[C@H]4CCC[C@@H](CSS[C@H](Cc6ccccc6)[C@H]3O7)C4)NC(N)C=C5)C1)C2. The molecule has 0 radical (unpaired) electrons. The largest absolute Gasteiger partial charge is 0.508 e. The molecule has 1 unspecified atom stereocenters. The molecule has 4 aromatic rings. The molecular weight excluding hydrogens is 915 g/mol. The van der Waals surface area contributed by atoms with Crippen LogP contribution in [0, 0.1) is 23.7 Å². The van der Waals surface area contributed by atoms with Crippen molar-refractivity contribution < 1.29 is 34.0 Å². The fourth-order valence-electron chi connectivity index (χ4n) is 13.3. The fraction of sp³-hybridized carbons (Fsp3) is 0.431. The van der Waals surface area contributed by atoms with Gasteiger partial charge in [0.15, 0.2) is 11.5 Å². The van der Waals surface area contributed by atoms with Crippen LogP contribution in [0.4, 0.5) is 0 Å². The summed E-state index contributed by atoms with van der Waals surface area (Å²) < 4.78 is 27.2. The van der Waals surface area contributed by atoms with E-state index in [1.165, 1.54) is 25.3 Å². The lowest BCUT2D eigenvalue weighted by Crippen LogP contribution is -2.52. The van der Waals surface area contributed by atoms with Crippen LogP contribution in [0.3, 0.4) is 0 Å². The predicted molar refractivity (Wildman–Crippen MR) is 277 cm³/mol. The van der Waals surface area contributed by atoms with E-state index < -0.39 is 12.0 Å². The van der Waals surface area contributed by atoms with E-state index in [4.69, 9.17) is 24.7 Å². The summed E-state index contributed by atoms with van der Waals surface area (Å²) in [6, 6.07) is 20.7. The number of ether oxygens (including phenoxy) is 4. The second kappa shape index (κ2) is 18.6. The van der Waals surface area contributed by atoms with Gasteiger partial charge in [0.25, 0.3) is 0 Å². The lowest BCUT2D eigenvalue weighted by molar-refractivity contribution is -0.141. The Morgan fingerprint density at radius 2 is 1.89 bits per heavy atom. The number of allylic oxidation sites excluding steroid dienone is 3. The Bertz CT molecular complexity index is 2910. The zero-order valence-electron chi connectivity index (χ0n) is 39.8. The van der Waals surface area contributed by atoms with Crippen molar-refractivity contribution in [3.05, 3.63) is 129 Å². The van der Waals surface area contributed by atoms with Gasteiger partial charge >= 0.3 is 5.97 Å². The van der Waals surface area contributed by atoms with E-state index >= 15 is 0 Å². The van der Waals surface area contributed by atoms with Crippen LogP contribution in [-0.4, -0.2) is 65.3 Å². The number of nitrogens with two attached hydrogens (primary N) is 1. The van der Waals surface area contributed by atoms with Gasteiger partial charge in [-0.05, 0) is 122 Å². The van der Waals surface area contributed by atoms with Crippen LogP contribution in [0.5, 0.6) is 28.7 Å². The van der Waals surface area contributed by atoms with Crippen LogP contribution in [-0.2, 0) is 34.2 Å². The first-order valence-electron chi connectivity index (χ1n) is 25.2. The number of hydrogen-bond donors (Lipinski definition) is 5. The molecule has 12 rings (SSSR count). The number of carbonyl (C=O) groups excluding carboxylic acids is 1. The van der Waals surface area contributed by atoms with E-state index in [0.29, 0.717) is 42.2 Å². The number of rotatable bonds is 5. The smallest absolute Gasteiger partial charge is 0.302 e. The fourth-order valence-corrected chi connectivity index (χ4v) is 16.6. The molecule has 6 bridgehead atoms. The molecule has 6 N–H and O–H groups in total. The average molecular weight is 976 g/mol. The quantitative estimate of drug-likeness (QED) is 0.0738. The molecule has 1 spiro atoms. The Morgan fingerprint density at radius 1 is 1.00 bits per heavy atom. The van der Waals surface area contributed by atoms with E-state index in [9.17, 15) is 15.0 Å². The summed E-state index contributed by atoms with van der Waals surface area (Å²) in [5.41, 5.74) is 17.0. The highest BCUT2D eigenvalue weighted by atomic mass is 33.1. The Balaban J connectivity index is 1.07. The molecule has 4 aromatic carbocycles. The zero-order valence-corrected chi connectivity index (χ0v) is 41.4. The summed E-state index contributed by atoms with van der Waals surface area (Å²) in [7, 11) is 5.54. The summed E-state index contributed by atoms with van der Waals surface area (Å²) in [4.78, 5) is 12.8. The number of nitrogens with one attached hydrogen (secondary N) is 2. The minimum absolute atomic E-state index is 0.0523. The third kappa shape index (κ3) is 8.34. The topological polar surface area (TPSA) is 145 Å². The van der Waals surface area contributed by atoms with Gasteiger partial charge in [0.1, 0.15) is 36.1 Å². The van der Waals surface area contributed by atoms with Crippen LogP contribution >= 0.6 is 21.6 Å². The van der Waals surface area contributed by atoms with Gasteiger partial charge in [-0.3, -0.25) is 4.79 Å². The molecule has 3 aliphatic carbocycles. The van der Waals surface area contributed by atoms with E-state index in [0.717, 1.165) is 112 Å². The summed E-state index contributed by atoms with van der Waals surface area (Å²) >= 11 is 0. The molecule has 0 aromatic heterocycles. The molecule has 5 aliphatic heterocycles. The van der Waals surface area contributed by atoms with Crippen LogP contribution in [0.15, 0.2) is 90.2 Å². The van der Waals surface area contributed by atoms with Crippen LogP contribution in [0.25, 0.3) is 17.2 Å². The number of benzene rings is 4. The maximum atomic E-state index is 12.8. The van der Waals surface area contributed by atoms with Crippen molar-refractivity contribution in [3.63, 3.8) is 0 Å². The first kappa shape index (κ1) is 45.7. The van der Waals surface area contributed by atoms with Crippen molar-refractivity contribution in [1.82, 2.24) is 10.6 Å². The summed E-state index contributed by atoms with van der Waals surface area (Å²) in [5.74, 6) is 10.5. The Morgan fingerprint density at radius 3 is 2.74 bits per heavy atom. The van der Waals surface area contributed by atoms with Gasteiger partial charge in [-0.15, -0.1) is 0 Å². The highest BCUT2D eigenvalue weighted by Crippen LogP contribution is 2.63. The monoisotopic (exact) mass is 975 g/mol. The lowest BCUT2D eigenvalue weighted by atomic mass is 9.65. The number of phenolic OH excluding ortho intramolecular Hbond substituents is 2. The van der Waals surface area contributed by atoms with Gasteiger partial charge in [-0.25, -0.2) is 0 Å². The standard InChI is InChI=1S/C58H61N3O7S2/c1-32(62)66-30-44-41-15-16-42-51-38(25-40(63)27-48(51)65-2)29-58-21-20-34(28-58)22-36-14-19-50(59)61-45(36)13-7-11-37-26-47(64)54-43(52(37)55(44)68-56(41)53(42)58)17-18-46-57(67-54)49(24-33-8-4-3-5-9-33)70-69-31-35-10-6-12-39(23-35)60-46/h3-5,8-9,14-19,25-27,34-35,39,44,46,49-50,55,57,60-61,63-64H,6,10-12,20-24,28-31,59H2,1-2H3/t34-,35+,39-,44-,46+,49+,50?,55-,57-,58-/m0/s1. The molecule has 12 heteroatoms. The third-order valence-corrected chi connectivity index (χ3v) is 19.4. The number of dihydropyridines is 1. The minimum atomic E-state index is -0.643. The van der Waals surface area contributed by atoms with Gasteiger partial charge in [-0.2, -0.15) is 0 Å². The van der Waals surface area contributed by atoms with Crippen molar-refractivity contribution in [2.24, 2.45) is 17.6 Å². The summed E-state index contributed by atoms with van der Waals surface area (Å²) in [6.45, 7) is 1.55. The van der Waals surface area contributed by atoms with Gasteiger partial charge in [-0.1, -0.05) is 94.6 Å². The molecule has 70 heavy (non-hydrogen) atoms. The van der Waals surface area contributed by atoms with E-state index in [1.807, 2.05) is 39.8 Å². The van der Waals surface area contributed by atoms with Crippen LogP contribution < -0.4 is 30.6 Å². The number of fused-ring (bicyclic) bond motifs is 11. The predicted octanol–water partition coefficient (Wildman–Crippen LogP) is 10.1. The zero-order chi connectivity index (χ0) is 47.7. The van der Waals surface area contributed by atoms with Crippen molar-refractivity contribution in [2.45, 2.75) is 125 Å². The van der Waals surface area contributed by atoms with Gasteiger partial charge in [0.2, 0.25) is 0 Å². The second-order valence-electron chi connectivity index (χ2n) is 20.9. The number of methoxy groups -OCH3 is 1. The number of carbonyl (C=O) groups is 1. The normalized spacial score (nSPS) is 30.1. The molecule has 10 nitrogen and oxygen atoms in total. The maximum absolute atomic E-state index is 12.8. The minimum Gasteiger partial charge on any atom is -0.508 e. The van der Waals surface area contributed by atoms with Gasteiger partial charge < -0.3 is 45.5 Å². The third-order valence-electron chi connectivity index (χ3n) is 16.4. The molecule has 0 amide bonds. The number of aromatic hydroxyl groups is 2. The summed E-state index contributed by atoms with van der Waals surface area (Å²) in [5, 5.41) is 31.2. The molecule has 8 aliphatic rings. The molecule has 10 atom stereocenters. The highest BCUT2D eigenvalue weighted by Gasteiger charge is 2.51. The van der Waals surface area contributed by atoms with Crippen LogP contribution in [0.2, 0.25) is 0 Å². The van der Waals surface area contributed by atoms with Crippen molar-refractivity contribution in [1.29, 1.82) is 0 Å². The number of hydrogen-bond acceptors (Lipinski definition) is 12. The maximum Gasteiger partial charge on any atom is 0.302 e. The van der Waals surface area contributed by atoms with Crippen molar-refractivity contribution in [3.8, 4) is 51.7 Å².